The van der Waals surface area contributed by atoms with Crippen LogP contribution in [0, 0.1) is 5.82 Å². The third-order valence-electron chi connectivity index (χ3n) is 7.15. The van der Waals surface area contributed by atoms with Crippen LogP contribution in [0.1, 0.15) is 29.8 Å². The molecule has 2 aliphatic heterocycles. The number of methoxy groups -OCH3 is 1. The van der Waals surface area contributed by atoms with Crippen LogP contribution in [0.5, 0.6) is 0 Å². The molecule has 0 saturated carbocycles. The Balaban J connectivity index is 1.62. The van der Waals surface area contributed by atoms with E-state index in [1.165, 1.54) is 15.9 Å². The number of hydrogen-bond acceptors (Lipinski definition) is 7. The van der Waals surface area contributed by atoms with Gasteiger partial charge in [-0.3, -0.25) is 14.4 Å². The maximum Gasteiger partial charge on any atom is 0.407 e. The highest BCUT2D eigenvalue weighted by Crippen LogP contribution is 2.32. The Hall–Kier alpha value is -4.26. The number of nitrogens with one attached hydrogen (secondary N) is 1. The highest BCUT2D eigenvalue weighted by molar-refractivity contribution is 5.97. The average Bonchev–Trinajstić information content (AvgIpc) is 3.44. The SMILES string of the molecule is CO[C@H]1CCN(c2cc(C(=O)N[C@@H](CCC(=O)O)C(=O)N3CCN(C(=O)O)CC3)nc(-c3ccccc3)c2F)C1. The standard InChI is InChI=1S/C27H32FN5O7/c1-40-18-9-10-33(16-18)21-15-20(29-24(23(21)28)17-5-3-2-4-6-17)25(36)30-19(7-8-22(34)35)26(37)31-11-13-32(14-12-31)27(38)39/h2-6,15,18-19H,7-14,16H2,1H3,(H,30,36)(H,34,35)(H,38,39)/t18-,19-/m0/s1. The van der Waals surface area contributed by atoms with Crippen molar-refractivity contribution in [1.29, 1.82) is 0 Å². The fraction of sp³-hybridized carbons (Fsp3) is 0.444. The lowest BCUT2D eigenvalue weighted by Crippen LogP contribution is -2.55. The van der Waals surface area contributed by atoms with Gasteiger partial charge in [-0.2, -0.15) is 0 Å². The van der Waals surface area contributed by atoms with Crippen LogP contribution in [0.2, 0.25) is 0 Å². The van der Waals surface area contributed by atoms with Gasteiger partial charge >= 0.3 is 12.1 Å². The van der Waals surface area contributed by atoms with Gasteiger partial charge in [-0.1, -0.05) is 30.3 Å². The van der Waals surface area contributed by atoms with Gasteiger partial charge < -0.3 is 35.0 Å². The van der Waals surface area contributed by atoms with E-state index in [9.17, 15) is 29.4 Å². The van der Waals surface area contributed by atoms with E-state index in [1.807, 2.05) is 0 Å². The summed E-state index contributed by atoms with van der Waals surface area (Å²) in [6.45, 7) is 1.35. The Labute approximate surface area is 230 Å². The molecular weight excluding hydrogens is 525 g/mol. The number of carbonyl (C=O) groups is 4. The predicted molar refractivity (Wildman–Crippen MR) is 142 cm³/mol. The molecule has 3 N–H and O–H groups in total. The number of piperazine rings is 1. The largest absolute Gasteiger partial charge is 0.481 e. The molecule has 2 aliphatic rings. The third kappa shape index (κ3) is 6.65. The van der Waals surface area contributed by atoms with Gasteiger partial charge in [0.1, 0.15) is 17.4 Å². The van der Waals surface area contributed by atoms with E-state index in [0.29, 0.717) is 25.1 Å². The fourth-order valence-corrected chi connectivity index (χ4v) is 4.88. The summed E-state index contributed by atoms with van der Waals surface area (Å²) in [5.41, 5.74) is 0.493. The van der Waals surface area contributed by atoms with Crippen molar-refractivity contribution in [1.82, 2.24) is 20.1 Å². The average molecular weight is 558 g/mol. The summed E-state index contributed by atoms with van der Waals surface area (Å²) in [6.07, 6.45) is -1.06. The maximum atomic E-state index is 15.8. The van der Waals surface area contributed by atoms with Crippen LogP contribution >= 0.6 is 0 Å². The first-order chi connectivity index (χ1) is 19.2. The minimum Gasteiger partial charge on any atom is -0.481 e. The van der Waals surface area contributed by atoms with Crippen LogP contribution in [0.3, 0.4) is 0 Å². The number of aliphatic carboxylic acids is 1. The normalized spacial score (nSPS) is 17.9. The first-order valence-corrected chi connectivity index (χ1v) is 13.0. The van der Waals surface area contributed by atoms with Gasteiger partial charge in [-0.25, -0.2) is 14.2 Å². The minimum atomic E-state index is -1.19. The molecule has 13 heteroatoms. The van der Waals surface area contributed by atoms with E-state index >= 15 is 4.39 Å². The molecule has 0 spiro atoms. The van der Waals surface area contributed by atoms with Crippen LogP contribution in [-0.2, 0) is 14.3 Å². The number of carboxylic acid groups (broad SMARTS) is 2. The molecule has 2 saturated heterocycles. The zero-order chi connectivity index (χ0) is 28.8. The minimum absolute atomic E-state index is 0.0256. The predicted octanol–water partition coefficient (Wildman–Crippen LogP) is 1.90. The van der Waals surface area contributed by atoms with E-state index in [1.54, 1.807) is 42.3 Å². The Bertz CT molecular complexity index is 1250. The van der Waals surface area contributed by atoms with Crippen LogP contribution in [0.15, 0.2) is 36.4 Å². The molecule has 0 aliphatic carbocycles. The van der Waals surface area contributed by atoms with E-state index < -0.39 is 35.7 Å². The second kappa shape index (κ2) is 12.7. The molecular formula is C27H32FN5O7. The Morgan fingerprint density at radius 3 is 2.35 bits per heavy atom. The summed E-state index contributed by atoms with van der Waals surface area (Å²) >= 11 is 0. The highest BCUT2D eigenvalue weighted by Gasteiger charge is 2.32. The van der Waals surface area contributed by atoms with Gasteiger partial charge in [0.2, 0.25) is 5.91 Å². The number of pyridine rings is 1. The van der Waals surface area contributed by atoms with Crippen molar-refractivity contribution >= 4 is 29.6 Å². The second-order valence-corrected chi connectivity index (χ2v) is 9.70. The van der Waals surface area contributed by atoms with E-state index in [2.05, 4.69) is 10.3 Å². The summed E-state index contributed by atoms with van der Waals surface area (Å²) in [5.74, 6) is -3.01. The first-order valence-electron chi connectivity index (χ1n) is 13.0. The smallest absolute Gasteiger partial charge is 0.407 e. The molecule has 2 aromatic rings. The molecule has 2 atom stereocenters. The molecule has 12 nitrogen and oxygen atoms in total. The van der Waals surface area contributed by atoms with Crippen molar-refractivity contribution in [2.75, 3.05) is 51.3 Å². The van der Waals surface area contributed by atoms with Gasteiger partial charge in [0, 0.05) is 58.4 Å². The summed E-state index contributed by atoms with van der Waals surface area (Å²) in [7, 11) is 1.58. The summed E-state index contributed by atoms with van der Waals surface area (Å²) in [6, 6.07) is 8.72. The molecule has 0 radical (unpaired) electrons. The van der Waals surface area contributed by atoms with Crippen molar-refractivity contribution in [2.24, 2.45) is 0 Å². The molecule has 1 aromatic heterocycles. The molecule has 3 amide bonds. The summed E-state index contributed by atoms with van der Waals surface area (Å²) in [5, 5.41) is 21.0. The summed E-state index contributed by atoms with van der Waals surface area (Å²) < 4.78 is 21.2. The van der Waals surface area contributed by atoms with Gasteiger partial charge in [0.15, 0.2) is 5.82 Å². The van der Waals surface area contributed by atoms with Crippen molar-refractivity contribution in [3.63, 3.8) is 0 Å². The number of ether oxygens (including phenoxy) is 1. The number of rotatable bonds is 9. The zero-order valence-corrected chi connectivity index (χ0v) is 22.1. The van der Waals surface area contributed by atoms with Crippen molar-refractivity contribution in [3.05, 3.63) is 47.9 Å². The quantitative estimate of drug-likeness (QED) is 0.420. The fourth-order valence-electron chi connectivity index (χ4n) is 4.88. The number of carboxylic acids is 1. The molecule has 2 fully saturated rings. The molecule has 4 rings (SSSR count). The number of benzene rings is 1. The maximum absolute atomic E-state index is 15.8. The third-order valence-corrected chi connectivity index (χ3v) is 7.15. The Kier molecular flexibility index (Phi) is 9.15. The lowest BCUT2D eigenvalue weighted by molar-refractivity contribution is -0.138. The molecule has 0 unspecified atom stereocenters. The Morgan fingerprint density at radius 1 is 1.07 bits per heavy atom. The molecule has 214 valence electrons. The van der Waals surface area contributed by atoms with E-state index in [0.717, 1.165) is 0 Å². The monoisotopic (exact) mass is 557 g/mol. The Morgan fingerprint density at radius 2 is 1.75 bits per heavy atom. The zero-order valence-electron chi connectivity index (χ0n) is 22.1. The second-order valence-electron chi connectivity index (χ2n) is 9.70. The van der Waals surface area contributed by atoms with Gasteiger partial charge in [-0.15, -0.1) is 0 Å². The molecule has 40 heavy (non-hydrogen) atoms. The van der Waals surface area contributed by atoms with Gasteiger partial charge in [0.25, 0.3) is 5.91 Å². The van der Waals surface area contributed by atoms with Crippen LogP contribution in [0.4, 0.5) is 14.9 Å². The number of halogens is 1. The van der Waals surface area contributed by atoms with E-state index in [4.69, 9.17) is 4.74 Å². The first kappa shape index (κ1) is 28.7. The van der Waals surface area contributed by atoms with Crippen LogP contribution in [-0.4, -0.2) is 107 Å². The lowest BCUT2D eigenvalue weighted by atomic mass is 10.1. The number of anilines is 1. The van der Waals surface area contributed by atoms with Crippen LogP contribution in [0.25, 0.3) is 11.3 Å². The van der Waals surface area contributed by atoms with Crippen molar-refractivity contribution in [2.45, 2.75) is 31.4 Å². The van der Waals surface area contributed by atoms with Gasteiger partial charge in [-0.05, 0) is 18.9 Å². The topological polar surface area (TPSA) is 153 Å². The van der Waals surface area contributed by atoms with Gasteiger partial charge in [0.05, 0.1) is 11.8 Å². The number of amides is 3. The molecule has 0 bridgehead atoms. The number of carbonyl (C=O) groups excluding carboxylic acids is 2. The van der Waals surface area contributed by atoms with E-state index in [-0.39, 0.29) is 62.2 Å². The lowest BCUT2D eigenvalue weighted by Gasteiger charge is -2.35. The molecule has 3 heterocycles. The summed E-state index contributed by atoms with van der Waals surface area (Å²) in [4.78, 5) is 57.9. The number of hydrogen-bond donors (Lipinski definition) is 3. The number of nitrogens with zero attached hydrogens (tertiary/aromatic N) is 4. The number of aromatic nitrogens is 1. The van der Waals surface area contributed by atoms with Crippen LogP contribution < -0.4 is 10.2 Å². The highest BCUT2D eigenvalue weighted by atomic mass is 19.1. The molecule has 1 aromatic carbocycles. The van der Waals surface area contributed by atoms with Crippen molar-refractivity contribution < 1.29 is 38.5 Å². The van der Waals surface area contributed by atoms with Crippen molar-refractivity contribution in [3.8, 4) is 11.3 Å².